The van der Waals surface area contributed by atoms with E-state index in [1.807, 2.05) is 19.9 Å². The van der Waals surface area contributed by atoms with Crippen LogP contribution in [0.3, 0.4) is 0 Å². The number of carbonyl (C=O) groups excluding carboxylic acids is 1. The SMILES string of the molecule is CN=C(NOC=O)c1nc(Cl)ccc1NC(C)c1cc(C)cc2c(=O)c(C)c(/C(C=NC3COC3)=C/N)oc12. The third-order valence-corrected chi connectivity index (χ3v) is 6.44. The number of ether oxygens (including phenoxy) is 1. The van der Waals surface area contributed by atoms with Crippen molar-refractivity contribution in [1.82, 2.24) is 10.5 Å². The minimum absolute atomic E-state index is 0.0556. The molecule has 0 radical (unpaired) electrons. The van der Waals surface area contributed by atoms with Gasteiger partial charge in [-0.05, 0) is 44.5 Å². The summed E-state index contributed by atoms with van der Waals surface area (Å²) in [6.07, 6.45) is 2.99. The van der Waals surface area contributed by atoms with Gasteiger partial charge in [-0.15, -0.1) is 0 Å². The molecule has 3 heterocycles. The number of nitrogens with two attached hydrogens (primary N) is 1. The number of hydroxylamine groups is 1. The maximum absolute atomic E-state index is 13.5. The number of aryl methyl sites for hydroxylation is 1. The number of aliphatic imine (C=N–C) groups is 2. The number of halogens is 1. The van der Waals surface area contributed by atoms with Gasteiger partial charge >= 0.3 is 6.47 Å². The fourth-order valence-electron chi connectivity index (χ4n) is 4.16. The minimum Gasteiger partial charge on any atom is -0.455 e. The monoisotopic (exact) mass is 552 g/mol. The smallest absolute Gasteiger partial charge is 0.320 e. The van der Waals surface area contributed by atoms with E-state index < -0.39 is 0 Å². The number of rotatable bonds is 9. The Morgan fingerprint density at radius 2 is 2.08 bits per heavy atom. The van der Waals surface area contributed by atoms with Crippen molar-refractivity contribution in [3.05, 3.63) is 74.0 Å². The van der Waals surface area contributed by atoms with Gasteiger partial charge in [0.25, 0.3) is 0 Å². The van der Waals surface area contributed by atoms with Crippen LogP contribution < -0.4 is 22.0 Å². The summed E-state index contributed by atoms with van der Waals surface area (Å²) in [6, 6.07) is 6.78. The molecule has 4 N–H and O–H groups in total. The number of fused-ring (bicyclic) bond motifs is 1. The van der Waals surface area contributed by atoms with Crippen LogP contribution in [-0.4, -0.2) is 49.8 Å². The Balaban J connectivity index is 1.79. The Morgan fingerprint density at radius 1 is 1.31 bits per heavy atom. The van der Waals surface area contributed by atoms with Crippen molar-refractivity contribution in [3.8, 4) is 0 Å². The summed E-state index contributed by atoms with van der Waals surface area (Å²) in [7, 11) is 1.52. The largest absolute Gasteiger partial charge is 0.455 e. The van der Waals surface area contributed by atoms with Crippen LogP contribution in [0.2, 0.25) is 5.15 Å². The van der Waals surface area contributed by atoms with Crippen LogP contribution in [-0.2, 0) is 14.4 Å². The van der Waals surface area contributed by atoms with Gasteiger partial charge in [0, 0.05) is 30.6 Å². The van der Waals surface area contributed by atoms with Crippen LogP contribution in [0.15, 0.2) is 49.7 Å². The highest BCUT2D eigenvalue weighted by atomic mass is 35.5. The van der Waals surface area contributed by atoms with Crippen LogP contribution in [0, 0.1) is 13.8 Å². The van der Waals surface area contributed by atoms with Crippen LogP contribution in [0.4, 0.5) is 5.69 Å². The summed E-state index contributed by atoms with van der Waals surface area (Å²) in [5.41, 5.74) is 12.1. The molecule has 1 unspecified atom stereocenters. The van der Waals surface area contributed by atoms with Crippen molar-refractivity contribution in [2.45, 2.75) is 32.9 Å². The lowest BCUT2D eigenvalue weighted by molar-refractivity contribution is -0.132. The molecular formula is C27H29ClN6O5. The van der Waals surface area contributed by atoms with E-state index in [9.17, 15) is 9.59 Å². The predicted octanol–water partition coefficient (Wildman–Crippen LogP) is 3.45. The molecule has 3 aromatic rings. The molecule has 204 valence electrons. The molecule has 2 aromatic heterocycles. The average Bonchev–Trinajstić information content (AvgIpc) is 2.89. The molecule has 0 amide bonds. The number of allylic oxidation sites excluding steroid dienone is 1. The normalized spacial score (nSPS) is 15.3. The molecule has 4 rings (SSSR count). The molecule has 0 aliphatic carbocycles. The second-order valence-electron chi connectivity index (χ2n) is 8.99. The first-order chi connectivity index (χ1) is 18.8. The van der Waals surface area contributed by atoms with Crippen molar-refractivity contribution < 1.29 is 18.8 Å². The fourth-order valence-corrected chi connectivity index (χ4v) is 4.31. The van der Waals surface area contributed by atoms with Gasteiger partial charge in [-0.3, -0.25) is 19.6 Å². The zero-order chi connectivity index (χ0) is 28.1. The third-order valence-electron chi connectivity index (χ3n) is 6.23. The molecular weight excluding hydrogens is 524 g/mol. The van der Waals surface area contributed by atoms with Gasteiger partial charge in [0.2, 0.25) is 0 Å². The number of hydrogen-bond acceptors (Lipinski definition) is 10. The van der Waals surface area contributed by atoms with Crippen LogP contribution in [0.25, 0.3) is 16.5 Å². The number of aromatic nitrogens is 1. The van der Waals surface area contributed by atoms with Gasteiger partial charge in [0.05, 0.1) is 41.9 Å². The second-order valence-corrected chi connectivity index (χ2v) is 9.38. The van der Waals surface area contributed by atoms with E-state index >= 15 is 0 Å². The summed E-state index contributed by atoms with van der Waals surface area (Å²) in [6.45, 7) is 6.87. The third kappa shape index (κ3) is 5.94. The van der Waals surface area contributed by atoms with Crippen molar-refractivity contribution in [2.24, 2.45) is 15.7 Å². The fraction of sp³-hybridized carbons (Fsp3) is 0.296. The van der Waals surface area contributed by atoms with E-state index in [0.29, 0.717) is 52.5 Å². The van der Waals surface area contributed by atoms with Crippen LogP contribution in [0.1, 0.15) is 41.1 Å². The molecule has 1 aliphatic heterocycles. The number of carbonyl (C=O) groups is 1. The highest BCUT2D eigenvalue weighted by molar-refractivity contribution is 6.29. The molecule has 1 atom stereocenters. The van der Waals surface area contributed by atoms with E-state index in [0.717, 1.165) is 11.1 Å². The summed E-state index contributed by atoms with van der Waals surface area (Å²) in [4.78, 5) is 41.8. The summed E-state index contributed by atoms with van der Waals surface area (Å²) < 4.78 is 11.6. The summed E-state index contributed by atoms with van der Waals surface area (Å²) in [5.74, 6) is 0.535. The van der Waals surface area contributed by atoms with Gasteiger partial charge in [-0.2, -0.15) is 5.48 Å². The van der Waals surface area contributed by atoms with Crippen molar-refractivity contribution >= 4 is 52.4 Å². The first kappa shape index (κ1) is 27.8. The molecule has 39 heavy (non-hydrogen) atoms. The van der Waals surface area contributed by atoms with Crippen molar-refractivity contribution in [1.29, 1.82) is 0 Å². The zero-order valence-electron chi connectivity index (χ0n) is 21.9. The Kier molecular flexibility index (Phi) is 8.62. The molecule has 0 saturated carbocycles. The molecule has 0 spiro atoms. The Bertz CT molecular complexity index is 1540. The van der Waals surface area contributed by atoms with Gasteiger partial charge in [-0.25, -0.2) is 4.98 Å². The number of nitrogens with one attached hydrogen (secondary N) is 2. The van der Waals surface area contributed by atoms with Crippen LogP contribution in [0.5, 0.6) is 0 Å². The van der Waals surface area contributed by atoms with E-state index in [2.05, 4.69) is 30.6 Å². The zero-order valence-corrected chi connectivity index (χ0v) is 22.7. The molecule has 1 aliphatic rings. The number of anilines is 1. The molecule has 11 nitrogen and oxygen atoms in total. The molecule has 0 bridgehead atoms. The van der Waals surface area contributed by atoms with Gasteiger partial charge in [0.1, 0.15) is 22.2 Å². The van der Waals surface area contributed by atoms with Gasteiger partial charge in [0.15, 0.2) is 11.3 Å². The summed E-state index contributed by atoms with van der Waals surface area (Å²) in [5, 5.41) is 4.06. The Morgan fingerprint density at radius 3 is 2.72 bits per heavy atom. The second kappa shape index (κ2) is 12.1. The van der Waals surface area contributed by atoms with Crippen molar-refractivity contribution in [3.63, 3.8) is 0 Å². The average molecular weight is 553 g/mol. The number of pyridine rings is 1. The minimum atomic E-state index is -0.371. The first-order valence-electron chi connectivity index (χ1n) is 12.1. The topological polar surface area (TPSA) is 153 Å². The first-order valence-corrected chi connectivity index (χ1v) is 12.5. The van der Waals surface area contributed by atoms with E-state index in [-0.39, 0.29) is 35.0 Å². The molecule has 1 aromatic carbocycles. The number of amidine groups is 1. The number of benzene rings is 1. The quantitative estimate of drug-likeness (QED) is 0.119. The van der Waals surface area contributed by atoms with Crippen LogP contribution >= 0.6 is 11.6 Å². The molecule has 12 heteroatoms. The number of hydrogen-bond donors (Lipinski definition) is 3. The Hall–Kier alpha value is -4.22. The van der Waals surface area contributed by atoms with E-state index in [1.165, 1.54) is 13.2 Å². The maximum Gasteiger partial charge on any atom is 0.320 e. The highest BCUT2D eigenvalue weighted by Gasteiger charge is 2.22. The molecule has 1 fully saturated rings. The molecule has 1 saturated heterocycles. The van der Waals surface area contributed by atoms with E-state index in [1.54, 1.807) is 31.3 Å². The predicted molar refractivity (Wildman–Crippen MR) is 151 cm³/mol. The van der Waals surface area contributed by atoms with Gasteiger partial charge < -0.3 is 25.0 Å². The lowest BCUT2D eigenvalue weighted by Crippen LogP contribution is -2.31. The number of nitrogens with zero attached hydrogens (tertiary/aromatic N) is 3. The van der Waals surface area contributed by atoms with Gasteiger partial charge in [-0.1, -0.05) is 17.7 Å². The lowest BCUT2D eigenvalue weighted by atomic mass is 9.99. The maximum atomic E-state index is 13.5. The lowest BCUT2D eigenvalue weighted by Gasteiger charge is -2.22. The Labute approximate surface area is 229 Å². The standard InChI is InChI=1S/C27H29ClN6O5/c1-14-7-19(16(3)32-21-5-6-22(28)33-23(21)27(30-4)34-38-13-35)26-20(8-14)24(36)15(2)25(39-26)17(9-29)10-31-18-11-37-12-18/h5-10,13,16,18,32H,11-12,29H2,1-4H3,(H,30,34)/b17-9+,31-10?. The van der Waals surface area contributed by atoms with E-state index in [4.69, 9.17) is 26.5 Å². The van der Waals surface area contributed by atoms with Crippen molar-refractivity contribution in [2.75, 3.05) is 25.6 Å². The highest BCUT2D eigenvalue weighted by Crippen LogP contribution is 2.31. The summed E-state index contributed by atoms with van der Waals surface area (Å²) >= 11 is 6.14.